The number of diazo groups is 1. The molecular weight excluding hydrogens is 202 g/mol. The second-order valence-electron chi connectivity index (χ2n) is 2.37. The number of hydrogen-bond acceptors (Lipinski definition) is 5. The van der Waals surface area contributed by atoms with Gasteiger partial charge in [-0.3, -0.25) is 10.1 Å². The van der Waals surface area contributed by atoms with E-state index in [9.17, 15) is 10.1 Å². The van der Waals surface area contributed by atoms with Gasteiger partial charge in [0, 0.05) is 30.2 Å². The van der Waals surface area contributed by atoms with E-state index >= 15 is 0 Å². The summed E-state index contributed by atoms with van der Waals surface area (Å²) < 4.78 is 0. The molecule has 1 rings (SSSR count). The maximum atomic E-state index is 10.1. The minimum Gasteiger partial charge on any atom is -0.550 e. The van der Waals surface area contributed by atoms with Crippen LogP contribution in [0.4, 0.5) is 11.4 Å². The molecule has 0 N–H and O–H groups in total. The summed E-state index contributed by atoms with van der Waals surface area (Å²) in [4.78, 5) is 21.3. The van der Waals surface area contributed by atoms with Crippen LogP contribution in [0.2, 0.25) is 0 Å². The van der Waals surface area contributed by atoms with Gasteiger partial charge in [-0.25, -0.2) is 0 Å². The highest BCUT2D eigenvalue weighted by molar-refractivity contribution is 5.60. The predicted octanol–water partition coefficient (Wildman–Crippen LogP) is 0.836. The van der Waals surface area contributed by atoms with Gasteiger partial charge in [-0.15, -0.1) is 0 Å². The lowest BCUT2D eigenvalue weighted by molar-refractivity contribution is -0.384. The molecule has 0 spiro atoms. The van der Waals surface area contributed by atoms with E-state index in [2.05, 4.69) is 4.98 Å². The third-order valence-corrected chi connectivity index (χ3v) is 1.18. The van der Waals surface area contributed by atoms with Gasteiger partial charge in [0.25, 0.3) is 5.69 Å². The number of non-ortho nitro benzene ring substituents is 1. The number of aliphatic carboxylic acids is 1. The fraction of sp³-hybridized carbons (Fsp3) is 0.125. The van der Waals surface area contributed by atoms with E-state index in [0.717, 1.165) is 6.92 Å². The molecule has 0 radical (unpaired) electrons. The second-order valence-corrected chi connectivity index (χ2v) is 2.37. The minimum absolute atomic E-state index is 0.0163. The van der Waals surface area contributed by atoms with Crippen LogP contribution in [-0.2, 0) is 4.79 Å². The second kappa shape index (κ2) is 6.04. The van der Waals surface area contributed by atoms with Crippen molar-refractivity contribution < 1.29 is 14.8 Å². The zero-order valence-corrected chi connectivity index (χ0v) is 7.78. The number of carboxylic acids is 1. The predicted molar refractivity (Wildman–Crippen MR) is 48.5 cm³/mol. The summed E-state index contributed by atoms with van der Waals surface area (Å²) in [5.41, 5.74) is 0.285. The Bertz CT molecular complexity index is 389. The fourth-order valence-electron chi connectivity index (χ4n) is 0.641. The van der Waals surface area contributed by atoms with Gasteiger partial charge in [-0.05, 0) is 6.92 Å². The lowest BCUT2D eigenvalue weighted by Crippen LogP contribution is -2.16. The maximum absolute atomic E-state index is 10.1. The van der Waals surface area contributed by atoms with Crippen molar-refractivity contribution in [2.45, 2.75) is 6.92 Å². The number of nitro benzene ring substituents is 1. The zero-order valence-electron chi connectivity index (χ0n) is 7.78. The number of nitro groups is 1. The van der Waals surface area contributed by atoms with Crippen LogP contribution >= 0.6 is 0 Å². The number of rotatable bonds is 1. The summed E-state index contributed by atoms with van der Waals surface area (Å²) in [6.45, 7) is 0.972. The first kappa shape index (κ1) is 12.5. The molecule has 7 heteroatoms. The van der Waals surface area contributed by atoms with Crippen molar-refractivity contribution in [1.82, 2.24) is 0 Å². The van der Waals surface area contributed by atoms with Crippen molar-refractivity contribution >= 4 is 17.3 Å². The molecule has 0 saturated heterocycles. The van der Waals surface area contributed by atoms with Crippen molar-refractivity contribution in [3.05, 3.63) is 39.4 Å². The summed E-state index contributed by atoms with van der Waals surface area (Å²) in [6, 6.07) is 5.26. The van der Waals surface area contributed by atoms with Gasteiger partial charge in [-0.1, -0.05) is 0 Å². The summed E-state index contributed by atoms with van der Waals surface area (Å²) >= 11 is 0. The summed E-state index contributed by atoms with van der Waals surface area (Å²) in [7, 11) is 0. The molecule has 0 aliphatic heterocycles. The van der Waals surface area contributed by atoms with E-state index in [1.54, 1.807) is 0 Å². The highest BCUT2D eigenvalue weighted by atomic mass is 16.6. The molecule has 0 unspecified atom stereocenters. The molecule has 0 fully saturated rings. The molecule has 0 bridgehead atoms. The third-order valence-electron chi connectivity index (χ3n) is 1.18. The Hall–Kier alpha value is -2.49. The van der Waals surface area contributed by atoms with Crippen LogP contribution in [0, 0.1) is 15.5 Å². The quantitative estimate of drug-likeness (QED) is 0.386. The summed E-state index contributed by atoms with van der Waals surface area (Å²) in [5.74, 6) is -1.08. The lowest BCUT2D eigenvalue weighted by atomic mass is 10.3. The van der Waals surface area contributed by atoms with Crippen LogP contribution in [-0.4, -0.2) is 10.9 Å². The van der Waals surface area contributed by atoms with Gasteiger partial charge >= 0.3 is 5.69 Å². The molecule has 0 atom stereocenters. The zero-order chi connectivity index (χ0) is 11.8. The molecule has 0 aliphatic rings. The normalized spacial score (nSPS) is 8.00. The van der Waals surface area contributed by atoms with E-state index in [-0.39, 0.29) is 5.69 Å². The van der Waals surface area contributed by atoms with E-state index < -0.39 is 10.9 Å². The van der Waals surface area contributed by atoms with Crippen LogP contribution in [0.5, 0.6) is 0 Å². The number of nitrogens with zero attached hydrogens (tertiary/aromatic N) is 3. The van der Waals surface area contributed by atoms with Gasteiger partial charge in [0.1, 0.15) is 0 Å². The molecule has 0 aromatic heterocycles. The number of benzene rings is 1. The summed E-state index contributed by atoms with van der Waals surface area (Å²) in [5, 5.41) is 27.2. The van der Waals surface area contributed by atoms with Crippen molar-refractivity contribution in [3.8, 4) is 0 Å². The first-order chi connectivity index (χ1) is 6.97. The summed E-state index contributed by atoms with van der Waals surface area (Å²) in [6.07, 6.45) is 0. The molecule has 7 nitrogen and oxygen atoms in total. The first-order valence-electron chi connectivity index (χ1n) is 3.74. The Morgan fingerprint density at radius 2 is 1.80 bits per heavy atom. The van der Waals surface area contributed by atoms with Crippen molar-refractivity contribution in [2.75, 3.05) is 0 Å². The van der Waals surface area contributed by atoms with Crippen LogP contribution in [0.25, 0.3) is 4.98 Å². The highest BCUT2D eigenvalue weighted by Gasteiger charge is 2.08. The fourth-order valence-corrected chi connectivity index (χ4v) is 0.641. The molecule has 78 valence electrons. The van der Waals surface area contributed by atoms with E-state index in [1.165, 1.54) is 24.3 Å². The number of hydrogen-bond donors (Lipinski definition) is 0. The van der Waals surface area contributed by atoms with Crippen LogP contribution < -0.4 is 5.11 Å². The Kier molecular flexibility index (Phi) is 5.04. The monoisotopic (exact) mass is 209 g/mol. The Balaban J connectivity index is 0.000000423. The number of carboxylic acid groups (broad SMARTS) is 1. The van der Waals surface area contributed by atoms with Gasteiger partial charge < -0.3 is 9.90 Å². The minimum atomic E-state index is -1.08. The standard InChI is InChI=1S/C6H4N3O2.C2H4O2/c7-8-5-1-3-6(4-2-5)9(10)11;1-2(3)4/h1-4H;1H3,(H,3,4)/q+1;/p-1. The topological polar surface area (TPSA) is 111 Å². The smallest absolute Gasteiger partial charge is 0.385 e. The van der Waals surface area contributed by atoms with E-state index in [4.69, 9.17) is 15.3 Å². The molecular formula is C8H7N3O4. The average Bonchev–Trinajstić information content (AvgIpc) is 2.17. The van der Waals surface area contributed by atoms with E-state index in [0.29, 0.717) is 5.69 Å². The van der Waals surface area contributed by atoms with Crippen molar-refractivity contribution in [3.63, 3.8) is 0 Å². The first-order valence-corrected chi connectivity index (χ1v) is 3.74. The van der Waals surface area contributed by atoms with Gasteiger partial charge in [0.05, 0.1) is 4.92 Å². The molecule has 1 aromatic rings. The van der Waals surface area contributed by atoms with Gasteiger partial charge in [-0.2, -0.15) is 0 Å². The Morgan fingerprint density at radius 1 is 1.40 bits per heavy atom. The van der Waals surface area contributed by atoms with Crippen LogP contribution in [0.1, 0.15) is 6.92 Å². The number of carbonyl (C=O) groups excluding carboxylic acids is 1. The molecule has 1 aromatic carbocycles. The van der Waals surface area contributed by atoms with E-state index in [1.807, 2.05) is 0 Å². The van der Waals surface area contributed by atoms with Crippen molar-refractivity contribution in [2.24, 2.45) is 0 Å². The Morgan fingerprint density at radius 3 is 2.07 bits per heavy atom. The van der Waals surface area contributed by atoms with Gasteiger partial charge in [0.15, 0.2) is 4.98 Å². The largest absolute Gasteiger partial charge is 0.550 e. The van der Waals surface area contributed by atoms with Gasteiger partial charge in [0.2, 0.25) is 5.39 Å². The molecule has 15 heavy (non-hydrogen) atoms. The molecule has 0 aliphatic carbocycles. The lowest BCUT2D eigenvalue weighted by Gasteiger charge is -1.84. The average molecular weight is 209 g/mol. The molecule has 0 amide bonds. The number of carbonyl (C=O) groups is 1. The molecule has 0 saturated carbocycles. The van der Waals surface area contributed by atoms with Crippen LogP contribution in [0.15, 0.2) is 24.3 Å². The van der Waals surface area contributed by atoms with Crippen molar-refractivity contribution in [1.29, 1.82) is 5.39 Å². The van der Waals surface area contributed by atoms with Crippen LogP contribution in [0.3, 0.4) is 0 Å². The SMILES string of the molecule is CC(=O)[O-].N#[N+]c1ccc([N+](=O)[O-])cc1. The maximum Gasteiger partial charge on any atom is 0.385 e. The highest BCUT2D eigenvalue weighted by Crippen LogP contribution is 2.16. The Labute approximate surface area is 84.7 Å². The third kappa shape index (κ3) is 5.70. The molecule has 0 heterocycles.